The van der Waals surface area contributed by atoms with Crippen LogP contribution in [0.1, 0.15) is 38.6 Å². The summed E-state index contributed by atoms with van der Waals surface area (Å²) in [6, 6.07) is 8.53. The van der Waals surface area contributed by atoms with Gasteiger partial charge in [-0.25, -0.2) is 4.68 Å². The molecule has 2 aromatic rings. The highest BCUT2D eigenvalue weighted by Gasteiger charge is 2.32. The van der Waals surface area contributed by atoms with Crippen molar-refractivity contribution in [2.45, 2.75) is 45.4 Å². The van der Waals surface area contributed by atoms with Crippen molar-refractivity contribution in [3.63, 3.8) is 0 Å². The minimum absolute atomic E-state index is 0.212. The molecule has 4 rings (SSSR count). The second kappa shape index (κ2) is 9.09. The van der Waals surface area contributed by atoms with Crippen molar-refractivity contribution in [1.29, 1.82) is 0 Å². The lowest BCUT2D eigenvalue weighted by molar-refractivity contribution is 0.0865. The molecule has 0 saturated carbocycles. The molecule has 2 aliphatic rings. The summed E-state index contributed by atoms with van der Waals surface area (Å²) in [7, 11) is 1.70. The summed E-state index contributed by atoms with van der Waals surface area (Å²) in [5.41, 5.74) is 1.25. The predicted octanol–water partition coefficient (Wildman–Crippen LogP) is 2.38. The molecule has 0 aliphatic carbocycles. The van der Waals surface area contributed by atoms with E-state index in [4.69, 9.17) is 9.47 Å². The predicted molar refractivity (Wildman–Crippen MR) is 111 cm³/mol. The maximum Gasteiger partial charge on any atom is 0.168 e. The third kappa shape index (κ3) is 4.53. The summed E-state index contributed by atoms with van der Waals surface area (Å²) in [5, 5.41) is 12.7. The van der Waals surface area contributed by atoms with Gasteiger partial charge in [0.25, 0.3) is 0 Å². The minimum Gasteiger partial charge on any atom is -0.497 e. The molecule has 0 amide bonds. The zero-order chi connectivity index (χ0) is 20.2. The monoisotopic (exact) mass is 400 g/mol. The largest absolute Gasteiger partial charge is 0.497 e. The number of ether oxygens (including phenoxy) is 2. The Hall–Kier alpha value is -2.19. The average Bonchev–Trinajstić information content (AvgIpc) is 3.42. The topological polar surface area (TPSA) is 68.5 Å². The SMILES string of the molecule is COc1ccc(N2CCN([C@@H](c3nnnn3C[C@H]3CCCO3)C(C)C)CC2)cc1. The van der Waals surface area contributed by atoms with Crippen LogP contribution in [0.25, 0.3) is 0 Å². The van der Waals surface area contributed by atoms with Gasteiger partial charge in [-0.1, -0.05) is 13.8 Å². The number of benzene rings is 1. The molecule has 0 spiro atoms. The Kier molecular flexibility index (Phi) is 6.30. The van der Waals surface area contributed by atoms with Crippen molar-refractivity contribution in [2.75, 3.05) is 44.8 Å². The molecular weight excluding hydrogens is 368 g/mol. The van der Waals surface area contributed by atoms with Gasteiger partial charge in [-0.3, -0.25) is 4.90 Å². The molecule has 158 valence electrons. The molecule has 3 heterocycles. The fourth-order valence-corrected chi connectivity index (χ4v) is 4.47. The van der Waals surface area contributed by atoms with Gasteiger partial charge in [-0.15, -0.1) is 5.10 Å². The molecule has 8 nitrogen and oxygen atoms in total. The zero-order valence-corrected chi connectivity index (χ0v) is 17.7. The van der Waals surface area contributed by atoms with Crippen LogP contribution in [0, 0.1) is 5.92 Å². The van der Waals surface area contributed by atoms with E-state index in [2.05, 4.69) is 51.3 Å². The summed E-state index contributed by atoms with van der Waals surface area (Å²) in [5.74, 6) is 2.29. The third-order valence-electron chi connectivity index (χ3n) is 6.00. The molecule has 1 aromatic carbocycles. The van der Waals surface area contributed by atoms with Crippen molar-refractivity contribution in [3.8, 4) is 5.75 Å². The fourth-order valence-electron chi connectivity index (χ4n) is 4.47. The first-order chi connectivity index (χ1) is 14.2. The van der Waals surface area contributed by atoms with E-state index in [-0.39, 0.29) is 12.1 Å². The minimum atomic E-state index is 0.212. The standard InChI is InChI=1S/C21H32N6O2/c1-16(2)20(21-22-23-24-27(21)15-19-5-4-14-29-19)26-12-10-25(11-13-26)17-6-8-18(28-3)9-7-17/h6-9,16,19-20H,4-5,10-15H2,1-3H3/t19-,20-/m1/s1. The molecule has 0 radical (unpaired) electrons. The van der Waals surface area contributed by atoms with Crippen molar-refractivity contribution in [2.24, 2.45) is 5.92 Å². The van der Waals surface area contributed by atoms with Crippen LogP contribution in [0.3, 0.4) is 0 Å². The summed E-state index contributed by atoms with van der Waals surface area (Å²) in [6.07, 6.45) is 2.45. The quantitative estimate of drug-likeness (QED) is 0.707. The van der Waals surface area contributed by atoms with E-state index < -0.39 is 0 Å². The Morgan fingerprint density at radius 2 is 1.90 bits per heavy atom. The normalized spacial score (nSPS) is 21.7. The van der Waals surface area contributed by atoms with E-state index >= 15 is 0 Å². The second-order valence-corrected chi connectivity index (χ2v) is 8.26. The Morgan fingerprint density at radius 1 is 1.14 bits per heavy atom. The van der Waals surface area contributed by atoms with Gasteiger partial charge in [0, 0.05) is 38.5 Å². The molecular formula is C21H32N6O2. The average molecular weight is 401 g/mol. The van der Waals surface area contributed by atoms with Crippen LogP contribution in [0.15, 0.2) is 24.3 Å². The van der Waals surface area contributed by atoms with Gasteiger partial charge < -0.3 is 14.4 Å². The molecule has 0 N–H and O–H groups in total. The lowest BCUT2D eigenvalue weighted by Gasteiger charge is -2.41. The molecule has 0 unspecified atom stereocenters. The number of anilines is 1. The highest BCUT2D eigenvalue weighted by atomic mass is 16.5. The van der Waals surface area contributed by atoms with Gasteiger partial charge in [0.1, 0.15) is 5.75 Å². The summed E-state index contributed by atoms with van der Waals surface area (Å²) >= 11 is 0. The molecule has 2 fully saturated rings. The van der Waals surface area contributed by atoms with Crippen LogP contribution in [0.4, 0.5) is 5.69 Å². The summed E-state index contributed by atoms with van der Waals surface area (Å²) in [4.78, 5) is 4.96. The Bertz CT molecular complexity index is 764. The van der Waals surface area contributed by atoms with Crippen LogP contribution >= 0.6 is 0 Å². The van der Waals surface area contributed by atoms with E-state index in [9.17, 15) is 0 Å². The van der Waals surface area contributed by atoms with E-state index in [1.54, 1.807) is 7.11 Å². The van der Waals surface area contributed by atoms with Crippen molar-refractivity contribution < 1.29 is 9.47 Å². The van der Waals surface area contributed by atoms with Gasteiger partial charge in [0.05, 0.1) is 25.8 Å². The van der Waals surface area contributed by atoms with E-state index in [1.165, 1.54) is 5.69 Å². The molecule has 2 atom stereocenters. The van der Waals surface area contributed by atoms with Crippen molar-refractivity contribution in [3.05, 3.63) is 30.1 Å². The van der Waals surface area contributed by atoms with Crippen LogP contribution < -0.4 is 9.64 Å². The first-order valence-corrected chi connectivity index (χ1v) is 10.7. The van der Waals surface area contributed by atoms with Gasteiger partial charge >= 0.3 is 0 Å². The zero-order valence-electron chi connectivity index (χ0n) is 17.7. The first kappa shape index (κ1) is 20.1. The van der Waals surface area contributed by atoms with Crippen LogP contribution in [-0.2, 0) is 11.3 Å². The number of methoxy groups -OCH3 is 1. The van der Waals surface area contributed by atoms with E-state index in [1.807, 2.05) is 16.8 Å². The van der Waals surface area contributed by atoms with Crippen LogP contribution in [0.5, 0.6) is 5.75 Å². The Labute approximate surface area is 172 Å². The highest BCUT2D eigenvalue weighted by Crippen LogP contribution is 2.30. The molecule has 2 aliphatic heterocycles. The molecule has 8 heteroatoms. The maximum atomic E-state index is 5.80. The Balaban J connectivity index is 1.43. The molecule has 2 saturated heterocycles. The van der Waals surface area contributed by atoms with Gasteiger partial charge in [0.2, 0.25) is 0 Å². The smallest absolute Gasteiger partial charge is 0.168 e. The van der Waals surface area contributed by atoms with Gasteiger partial charge in [-0.05, 0) is 53.5 Å². The number of tetrazole rings is 1. The Morgan fingerprint density at radius 3 is 2.52 bits per heavy atom. The number of hydrogen-bond acceptors (Lipinski definition) is 7. The molecule has 0 bridgehead atoms. The molecule has 29 heavy (non-hydrogen) atoms. The second-order valence-electron chi connectivity index (χ2n) is 8.26. The maximum absolute atomic E-state index is 5.80. The highest BCUT2D eigenvalue weighted by molar-refractivity contribution is 5.49. The third-order valence-corrected chi connectivity index (χ3v) is 6.00. The lowest BCUT2D eigenvalue weighted by atomic mass is 10.0. The summed E-state index contributed by atoms with van der Waals surface area (Å²) in [6.45, 7) is 10.1. The van der Waals surface area contributed by atoms with E-state index in [0.29, 0.717) is 5.92 Å². The lowest BCUT2D eigenvalue weighted by Crippen LogP contribution is -2.49. The number of aromatic nitrogens is 4. The summed E-state index contributed by atoms with van der Waals surface area (Å²) < 4.78 is 13.0. The van der Waals surface area contributed by atoms with Gasteiger partial charge in [0.15, 0.2) is 5.82 Å². The van der Waals surface area contributed by atoms with Crippen LogP contribution in [0.2, 0.25) is 0 Å². The van der Waals surface area contributed by atoms with Crippen molar-refractivity contribution >= 4 is 5.69 Å². The van der Waals surface area contributed by atoms with Gasteiger partial charge in [-0.2, -0.15) is 0 Å². The van der Waals surface area contributed by atoms with Crippen LogP contribution in [-0.4, -0.2) is 71.1 Å². The van der Waals surface area contributed by atoms with Crippen molar-refractivity contribution in [1.82, 2.24) is 25.1 Å². The van der Waals surface area contributed by atoms with E-state index in [0.717, 1.165) is 63.7 Å². The molecule has 1 aromatic heterocycles. The fraction of sp³-hybridized carbons (Fsp3) is 0.667. The number of rotatable bonds is 7. The number of piperazine rings is 1. The number of nitrogens with zero attached hydrogens (tertiary/aromatic N) is 6. The first-order valence-electron chi connectivity index (χ1n) is 10.7. The number of hydrogen-bond donors (Lipinski definition) is 0.